The summed E-state index contributed by atoms with van der Waals surface area (Å²) in [6.07, 6.45) is 9.73. The second kappa shape index (κ2) is 6.68. The molecular formula is C25H30N4O2. The molecule has 0 saturated heterocycles. The minimum absolute atomic E-state index is 0.00948. The Morgan fingerprint density at radius 1 is 1.13 bits per heavy atom. The molecule has 4 fully saturated rings. The number of rotatable bonds is 4. The van der Waals surface area contributed by atoms with Gasteiger partial charge in [0.15, 0.2) is 0 Å². The van der Waals surface area contributed by atoms with Crippen LogP contribution in [0.5, 0.6) is 0 Å². The molecule has 1 N–H and O–H groups in total. The number of carbonyl (C=O) groups excluding carboxylic acids is 1. The molecule has 4 saturated carbocycles. The van der Waals surface area contributed by atoms with Crippen molar-refractivity contribution in [1.82, 2.24) is 19.7 Å². The monoisotopic (exact) mass is 418 g/mol. The molecule has 4 aliphatic rings. The van der Waals surface area contributed by atoms with Crippen molar-refractivity contribution >= 4 is 27.7 Å². The van der Waals surface area contributed by atoms with E-state index in [2.05, 4.69) is 17.3 Å². The number of benzene rings is 1. The van der Waals surface area contributed by atoms with Gasteiger partial charge in [0.25, 0.3) is 5.56 Å². The first-order chi connectivity index (χ1) is 14.9. The highest BCUT2D eigenvalue weighted by Crippen LogP contribution is 2.61. The molecule has 1 aromatic carbocycles. The molecule has 7 rings (SSSR count). The third kappa shape index (κ3) is 2.87. The molecule has 162 valence electrons. The van der Waals surface area contributed by atoms with Crippen molar-refractivity contribution in [3.8, 4) is 0 Å². The topological polar surface area (TPSA) is 68.9 Å². The molecule has 31 heavy (non-hydrogen) atoms. The lowest BCUT2D eigenvalue weighted by atomic mass is 9.48. The Hall–Kier alpha value is -2.63. The minimum atomic E-state index is -0.171. The highest BCUT2D eigenvalue weighted by atomic mass is 16.2. The molecule has 2 heterocycles. The number of carbonyl (C=O) groups is 1. The summed E-state index contributed by atoms with van der Waals surface area (Å²) in [5.41, 5.74) is 1.55. The van der Waals surface area contributed by atoms with E-state index < -0.39 is 0 Å². The second-order valence-corrected chi connectivity index (χ2v) is 10.5. The van der Waals surface area contributed by atoms with Crippen LogP contribution >= 0.6 is 0 Å². The Balaban J connectivity index is 1.31. The van der Waals surface area contributed by atoms with Crippen molar-refractivity contribution in [2.75, 3.05) is 0 Å². The predicted molar refractivity (Wildman–Crippen MR) is 121 cm³/mol. The van der Waals surface area contributed by atoms with Crippen LogP contribution in [-0.2, 0) is 18.4 Å². The molecule has 6 nitrogen and oxygen atoms in total. The molecule has 0 radical (unpaired) electrons. The summed E-state index contributed by atoms with van der Waals surface area (Å²) >= 11 is 0. The van der Waals surface area contributed by atoms with Gasteiger partial charge in [0, 0.05) is 29.4 Å². The number of fused-ring (bicyclic) bond motifs is 3. The number of para-hydroxylation sites is 1. The average Bonchev–Trinajstić information content (AvgIpc) is 3.04. The fraction of sp³-hybridized carbons (Fsp3) is 0.560. The average molecular weight is 419 g/mol. The zero-order valence-electron chi connectivity index (χ0n) is 18.3. The first-order valence-corrected chi connectivity index (χ1v) is 11.7. The van der Waals surface area contributed by atoms with Crippen molar-refractivity contribution in [3.63, 3.8) is 0 Å². The van der Waals surface area contributed by atoms with E-state index in [1.807, 2.05) is 28.8 Å². The maximum absolute atomic E-state index is 13.2. The molecule has 4 aliphatic carbocycles. The molecule has 4 bridgehead atoms. The number of nitrogens with one attached hydrogen (secondary N) is 1. The molecule has 0 aliphatic heterocycles. The van der Waals surface area contributed by atoms with Gasteiger partial charge < -0.3 is 9.88 Å². The maximum atomic E-state index is 13.2. The van der Waals surface area contributed by atoms with E-state index in [9.17, 15) is 9.59 Å². The highest BCUT2D eigenvalue weighted by Gasteiger charge is 2.53. The second-order valence-electron chi connectivity index (χ2n) is 10.5. The van der Waals surface area contributed by atoms with E-state index in [4.69, 9.17) is 0 Å². The number of amides is 1. The van der Waals surface area contributed by atoms with Gasteiger partial charge in [-0.3, -0.25) is 9.59 Å². The van der Waals surface area contributed by atoms with Gasteiger partial charge in [-0.2, -0.15) is 5.10 Å². The Morgan fingerprint density at radius 2 is 1.77 bits per heavy atom. The summed E-state index contributed by atoms with van der Waals surface area (Å²) < 4.78 is 3.21. The van der Waals surface area contributed by atoms with Crippen LogP contribution in [0.4, 0.5) is 0 Å². The van der Waals surface area contributed by atoms with Gasteiger partial charge in [-0.15, -0.1) is 0 Å². The van der Waals surface area contributed by atoms with Gasteiger partial charge in [0.1, 0.15) is 12.1 Å². The summed E-state index contributed by atoms with van der Waals surface area (Å²) in [6, 6.07) is 8.05. The Kier molecular flexibility index (Phi) is 4.11. The summed E-state index contributed by atoms with van der Waals surface area (Å²) in [5.74, 6) is 2.57. The molecule has 2 aromatic heterocycles. The van der Waals surface area contributed by atoms with E-state index >= 15 is 0 Å². The SMILES string of the molecule is C[C@@H](NC(=O)Cn1c2ccccc2c2cnn(C)c(=O)c21)C12CC3CC(CC(C3)C1)C2. The summed E-state index contributed by atoms with van der Waals surface area (Å²) in [5, 5.41) is 9.32. The lowest BCUT2D eigenvalue weighted by Crippen LogP contribution is -2.56. The third-order valence-electron chi connectivity index (χ3n) is 8.55. The Morgan fingerprint density at radius 3 is 2.45 bits per heavy atom. The van der Waals surface area contributed by atoms with E-state index in [0.29, 0.717) is 5.52 Å². The number of aromatic nitrogens is 3. The zero-order chi connectivity index (χ0) is 21.3. The van der Waals surface area contributed by atoms with Gasteiger partial charge in [-0.25, -0.2) is 4.68 Å². The van der Waals surface area contributed by atoms with Crippen LogP contribution in [0.15, 0.2) is 35.3 Å². The number of hydrogen-bond donors (Lipinski definition) is 1. The summed E-state index contributed by atoms with van der Waals surface area (Å²) in [4.78, 5) is 26.1. The standard InChI is InChI=1S/C25H30N4O2/c1-15(25-10-16-7-17(11-25)9-18(8-16)12-25)27-22(30)14-29-21-6-4-3-5-19(21)20-13-26-28(2)24(31)23(20)29/h3-6,13,15-18H,7-12,14H2,1-2H3,(H,27,30)/t15-,16?,17?,18?,25?/m1/s1. The van der Waals surface area contributed by atoms with Crippen molar-refractivity contribution in [2.45, 2.75) is 58.0 Å². The van der Waals surface area contributed by atoms with E-state index in [1.54, 1.807) is 13.2 Å². The van der Waals surface area contributed by atoms with Gasteiger partial charge in [0.05, 0.1) is 6.20 Å². The van der Waals surface area contributed by atoms with Crippen LogP contribution in [0.2, 0.25) is 0 Å². The third-order valence-corrected chi connectivity index (χ3v) is 8.55. The molecule has 0 unspecified atom stereocenters. The highest BCUT2D eigenvalue weighted by molar-refractivity contribution is 6.07. The fourth-order valence-electron chi connectivity index (χ4n) is 7.50. The van der Waals surface area contributed by atoms with Crippen molar-refractivity contribution < 1.29 is 4.79 Å². The fourth-order valence-corrected chi connectivity index (χ4v) is 7.50. The van der Waals surface area contributed by atoms with E-state index in [-0.39, 0.29) is 29.5 Å². The largest absolute Gasteiger partial charge is 0.352 e. The smallest absolute Gasteiger partial charge is 0.291 e. The number of nitrogens with zero attached hydrogens (tertiary/aromatic N) is 3. The molecule has 1 amide bonds. The van der Waals surface area contributed by atoms with Crippen LogP contribution in [0, 0.1) is 23.2 Å². The molecule has 0 spiro atoms. The van der Waals surface area contributed by atoms with Crippen molar-refractivity contribution in [1.29, 1.82) is 0 Å². The van der Waals surface area contributed by atoms with Gasteiger partial charge in [-0.05, 0) is 74.7 Å². The van der Waals surface area contributed by atoms with Crippen LogP contribution in [0.3, 0.4) is 0 Å². The first kappa shape index (κ1) is 19.1. The molecule has 6 heteroatoms. The quantitative estimate of drug-likeness (QED) is 0.704. The number of hydrogen-bond acceptors (Lipinski definition) is 3. The molecular weight excluding hydrogens is 388 g/mol. The van der Waals surface area contributed by atoms with E-state index in [1.165, 1.54) is 43.2 Å². The van der Waals surface area contributed by atoms with E-state index in [0.717, 1.165) is 34.0 Å². The van der Waals surface area contributed by atoms with Crippen LogP contribution in [-0.4, -0.2) is 26.3 Å². The Labute approximate surface area is 181 Å². The van der Waals surface area contributed by atoms with Crippen LogP contribution in [0.1, 0.15) is 45.4 Å². The number of aryl methyl sites for hydroxylation is 1. The Bertz CT molecular complexity index is 1220. The molecule has 1 atom stereocenters. The maximum Gasteiger partial charge on any atom is 0.291 e. The summed E-state index contributed by atoms with van der Waals surface area (Å²) in [6.45, 7) is 2.36. The predicted octanol–water partition coefficient (Wildman–Crippen LogP) is 3.61. The summed E-state index contributed by atoms with van der Waals surface area (Å²) in [7, 11) is 1.65. The van der Waals surface area contributed by atoms with Crippen LogP contribution < -0.4 is 10.9 Å². The van der Waals surface area contributed by atoms with Crippen molar-refractivity contribution in [2.24, 2.45) is 30.2 Å². The lowest BCUT2D eigenvalue weighted by Gasteiger charge is -2.59. The first-order valence-electron chi connectivity index (χ1n) is 11.7. The lowest BCUT2D eigenvalue weighted by molar-refractivity contribution is -0.126. The van der Waals surface area contributed by atoms with Crippen LogP contribution in [0.25, 0.3) is 21.8 Å². The normalized spacial score (nSPS) is 30.2. The van der Waals surface area contributed by atoms with Gasteiger partial charge in [0.2, 0.25) is 5.91 Å². The minimum Gasteiger partial charge on any atom is -0.352 e. The van der Waals surface area contributed by atoms with Gasteiger partial charge >= 0.3 is 0 Å². The molecule has 3 aromatic rings. The van der Waals surface area contributed by atoms with Crippen molar-refractivity contribution in [3.05, 3.63) is 40.8 Å². The van der Waals surface area contributed by atoms with Gasteiger partial charge in [-0.1, -0.05) is 18.2 Å². The zero-order valence-corrected chi connectivity index (χ0v) is 18.3.